The van der Waals surface area contributed by atoms with Crippen LogP contribution in [0.2, 0.25) is 0 Å². The Labute approximate surface area is 88.6 Å². The number of hydrogen-bond acceptors (Lipinski definition) is 5. The summed E-state index contributed by atoms with van der Waals surface area (Å²) in [6.07, 6.45) is 1.99. The van der Waals surface area contributed by atoms with Gasteiger partial charge in [0, 0.05) is 0 Å². The Morgan fingerprint density at radius 1 is 1.50 bits per heavy atom. The van der Waals surface area contributed by atoms with Gasteiger partial charge < -0.3 is 10.3 Å². The Morgan fingerprint density at radius 3 is 2.93 bits per heavy atom. The number of nitrogens with zero attached hydrogens (tertiary/aromatic N) is 2. The van der Waals surface area contributed by atoms with Gasteiger partial charge in [0.1, 0.15) is 0 Å². The predicted molar refractivity (Wildman–Crippen MR) is 58.0 cm³/mol. The second-order valence-corrected chi connectivity index (χ2v) is 4.22. The molecule has 80 valence electrons. The highest BCUT2D eigenvalue weighted by Gasteiger charge is 2.12. The molecule has 2 N–H and O–H groups in total. The predicted octanol–water partition coefficient (Wildman–Crippen LogP) is 2.12. The second kappa shape index (κ2) is 6.03. The molecule has 1 aromatic heterocycles. The highest BCUT2D eigenvalue weighted by Crippen LogP contribution is 2.14. The summed E-state index contributed by atoms with van der Waals surface area (Å²) in [5, 5.41) is 3.87. The molecular formula is C9H17N3OS. The van der Waals surface area contributed by atoms with Gasteiger partial charge in [-0.1, -0.05) is 19.0 Å². The van der Waals surface area contributed by atoms with Gasteiger partial charge in [0.25, 0.3) is 0 Å². The first kappa shape index (κ1) is 11.5. The molecule has 0 aromatic carbocycles. The summed E-state index contributed by atoms with van der Waals surface area (Å²) in [6.45, 7) is 4.15. The van der Waals surface area contributed by atoms with Crippen LogP contribution in [-0.2, 0) is 5.75 Å². The zero-order valence-corrected chi connectivity index (χ0v) is 9.51. The van der Waals surface area contributed by atoms with E-state index in [0.717, 1.165) is 23.8 Å². The van der Waals surface area contributed by atoms with Gasteiger partial charge in [0.15, 0.2) is 5.82 Å². The van der Waals surface area contributed by atoms with Crippen molar-refractivity contribution in [1.29, 1.82) is 0 Å². The lowest BCUT2D eigenvalue weighted by Gasteiger charge is -1.99. The molecule has 1 heterocycles. The van der Waals surface area contributed by atoms with Crippen LogP contribution >= 0.6 is 11.8 Å². The fourth-order valence-electron chi connectivity index (χ4n) is 0.959. The molecular weight excluding hydrogens is 198 g/mol. The molecule has 1 rings (SSSR count). The van der Waals surface area contributed by atoms with E-state index in [0.29, 0.717) is 5.89 Å². The van der Waals surface area contributed by atoms with Crippen molar-refractivity contribution in [3.8, 4) is 0 Å². The number of aromatic nitrogens is 2. The fourth-order valence-corrected chi connectivity index (χ4v) is 1.69. The molecule has 0 aliphatic heterocycles. The molecule has 4 nitrogen and oxygen atoms in total. The number of nitrogens with two attached hydrogens (primary N) is 1. The highest BCUT2D eigenvalue weighted by atomic mass is 32.2. The summed E-state index contributed by atoms with van der Waals surface area (Å²) in [6, 6.07) is -0.118. The van der Waals surface area contributed by atoms with Crippen LogP contribution in [0.1, 0.15) is 44.4 Å². The first-order valence-corrected chi connectivity index (χ1v) is 6.09. The Kier molecular flexibility index (Phi) is 4.97. The third-order valence-corrected chi connectivity index (χ3v) is 2.98. The maximum absolute atomic E-state index is 5.76. The van der Waals surface area contributed by atoms with E-state index in [4.69, 9.17) is 10.3 Å². The van der Waals surface area contributed by atoms with Gasteiger partial charge in [-0.05, 0) is 18.6 Å². The zero-order chi connectivity index (χ0) is 10.4. The number of thioether (sulfide) groups is 1. The van der Waals surface area contributed by atoms with E-state index in [-0.39, 0.29) is 6.04 Å². The average molecular weight is 215 g/mol. The lowest BCUT2D eigenvalue weighted by atomic mass is 10.2. The molecule has 0 amide bonds. The zero-order valence-electron chi connectivity index (χ0n) is 8.69. The van der Waals surface area contributed by atoms with Crippen molar-refractivity contribution in [3.63, 3.8) is 0 Å². The van der Waals surface area contributed by atoms with Crippen molar-refractivity contribution in [1.82, 2.24) is 10.1 Å². The van der Waals surface area contributed by atoms with Gasteiger partial charge in [0.2, 0.25) is 5.89 Å². The molecule has 0 bridgehead atoms. The van der Waals surface area contributed by atoms with E-state index in [2.05, 4.69) is 17.1 Å². The Hall–Kier alpha value is -0.550. The van der Waals surface area contributed by atoms with Crippen LogP contribution in [-0.4, -0.2) is 15.9 Å². The summed E-state index contributed by atoms with van der Waals surface area (Å²) in [7, 11) is 0. The van der Waals surface area contributed by atoms with Crippen LogP contribution in [0.25, 0.3) is 0 Å². The van der Waals surface area contributed by atoms with Gasteiger partial charge in [0.05, 0.1) is 11.8 Å². The summed E-state index contributed by atoms with van der Waals surface area (Å²) < 4.78 is 5.05. The topological polar surface area (TPSA) is 64.9 Å². The second-order valence-electron chi connectivity index (χ2n) is 3.12. The van der Waals surface area contributed by atoms with Crippen LogP contribution in [0.4, 0.5) is 0 Å². The molecule has 0 radical (unpaired) electrons. The Balaban J connectivity index is 2.42. The van der Waals surface area contributed by atoms with Gasteiger partial charge >= 0.3 is 0 Å². The van der Waals surface area contributed by atoms with Gasteiger partial charge in [-0.15, -0.1) is 0 Å². The molecule has 1 unspecified atom stereocenters. The summed E-state index contributed by atoms with van der Waals surface area (Å²) in [5.74, 6) is 3.25. The molecule has 0 fully saturated rings. The maximum atomic E-state index is 5.76. The van der Waals surface area contributed by atoms with E-state index in [1.807, 2.05) is 18.7 Å². The van der Waals surface area contributed by atoms with Gasteiger partial charge in [-0.2, -0.15) is 16.7 Å². The normalized spacial score (nSPS) is 13.1. The lowest BCUT2D eigenvalue weighted by molar-refractivity contribution is 0.349. The first-order chi connectivity index (χ1) is 6.77. The lowest BCUT2D eigenvalue weighted by Crippen LogP contribution is -2.08. The van der Waals surface area contributed by atoms with Crippen molar-refractivity contribution >= 4 is 11.8 Å². The summed E-state index contributed by atoms with van der Waals surface area (Å²) in [5.41, 5.74) is 5.76. The van der Waals surface area contributed by atoms with Gasteiger partial charge in [-0.3, -0.25) is 0 Å². The minimum Gasteiger partial charge on any atom is -0.338 e. The minimum absolute atomic E-state index is 0.118. The van der Waals surface area contributed by atoms with Crippen molar-refractivity contribution in [2.45, 2.75) is 38.5 Å². The molecule has 0 saturated heterocycles. The van der Waals surface area contributed by atoms with Crippen LogP contribution in [0.5, 0.6) is 0 Å². The van der Waals surface area contributed by atoms with Crippen molar-refractivity contribution < 1.29 is 4.52 Å². The van der Waals surface area contributed by atoms with Crippen molar-refractivity contribution in [3.05, 3.63) is 11.7 Å². The molecule has 0 aliphatic rings. The molecule has 1 atom stereocenters. The van der Waals surface area contributed by atoms with E-state index < -0.39 is 0 Å². The average Bonchev–Trinajstić information content (AvgIpc) is 2.66. The van der Waals surface area contributed by atoms with Crippen LogP contribution < -0.4 is 5.73 Å². The molecule has 0 spiro atoms. The highest BCUT2D eigenvalue weighted by molar-refractivity contribution is 7.98. The Morgan fingerprint density at radius 2 is 2.29 bits per heavy atom. The standard InChI is InChI=1S/C9H17N3OS/c1-3-5-14-6-8-11-9(13-12-8)7(10)4-2/h7H,3-6,10H2,1-2H3. The van der Waals surface area contributed by atoms with E-state index in [9.17, 15) is 0 Å². The third kappa shape index (κ3) is 3.31. The molecule has 14 heavy (non-hydrogen) atoms. The van der Waals surface area contributed by atoms with E-state index in [1.165, 1.54) is 6.42 Å². The molecule has 1 aromatic rings. The smallest absolute Gasteiger partial charge is 0.243 e. The number of rotatable bonds is 6. The number of hydrogen-bond donors (Lipinski definition) is 1. The molecule has 0 saturated carbocycles. The third-order valence-electron chi connectivity index (χ3n) is 1.82. The largest absolute Gasteiger partial charge is 0.338 e. The molecule has 5 heteroatoms. The fraction of sp³-hybridized carbons (Fsp3) is 0.778. The first-order valence-electron chi connectivity index (χ1n) is 4.93. The quantitative estimate of drug-likeness (QED) is 0.736. The van der Waals surface area contributed by atoms with E-state index >= 15 is 0 Å². The van der Waals surface area contributed by atoms with Crippen molar-refractivity contribution in [2.24, 2.45) is 5.73 Å². The van der Waals surface area contributed by atoms with Crippen LogP contribution in [0, 0.1) is 0 Å². The van der Waals surface area contributed by atoms with Crippen LogP contribution in [0.3, 0.4) is 0 Å². The monoisotopic (exact) mass is 215 g/mol. The Bertz CT molecular complexity index is 264. The SMILES string of the molecule is CCCSCc1noc(C(N)CC)n1. The van der Waals surface area contributed by atoms with Crippen molar-refractivity contribution in [2.75, 3.05) is 5.75 Å². The minimum atomic E-state index is -0.118. The van der Waals surface area contributed by atoms with Gasteiger partial charge in [-0.25, -0.2) is 0 Å². The summed E-state index contributed by atoms with van der Waals surface area (Å²) in [4.78, 5) is 4.23. The van der Waals surface area contributed by atoms with E-state index in [1.54, 1.807) is 0 Å². The molecule has 0 aliphatic carbocycles. The maximum Gasteiger partial charge on any atom is 0.243 e. The van der Waals surface area contributed by atoms with Crippen LogP contribution in [0.15, 0.2) is 4.52 Å². The summed E-state index contributed by atoms with van der Waals surface area (Å²) >= 11 is 1.81.